The molecule has 0 aliphatic carbocycles. The van der Waals surface area contributed by atoms with Gasteiger partial charge in [0.25, 0.3) is 0 Å². The van der Waals surface area contributed by atoms with Gasteiger partial charge in [-0.2, -0.15) is 0 Å². The van der Waals surface area contributed by atoms with Crippen molar-refractivity contribution in [3.63, 3.8) is 0 Å². The quantitative estimate of drug-likeness (QED) is 0.897. The lowest BCUT2D eigenvalue weighted by atomic mass is 10.1. The number of nitrogens with one attached hydrogen (secondary N) is 2. The molecule has 2 N–H and O–H groups in total. The van der Waals surface area contributed by atoms with Gasteiger partial charge < -0.3 is 20.3 Å². The highest BCUT2D eigenvalue weighted by atomic mass is 16.5. The molecule has 1 fully saturated rings. The minimum Gasteiger partial charge on any atom is -0.497 e. The first-order chi connectivity index (χ1) is 10.2. The molecule has 2 unspecified atom stereocenters. The summed E-state index contributed by atoms with van der Waals surface area (Å²) in [4.78, 5) is 14.5. The van der Waals surface area contributed by atoms with Crippen molar-refractivity contribution in [2.75, 3.05) is 25.5 Å². The minimum absolute atomic E-state index is 0.0213. The summed E-state index contributed by atoms with van der Waals surface area (Å²) in [5, 5.41) is 6.47. The van der Waals surface area contributed by atoms with Crippen LogP contribution < -0.4 is 15.4 Å². The van der Waals surface area contributed by atoms with Crippen LogP contribution in [0.4, 0.5) is 10.5 Å². The predicted octanol–water partition coefficient (Wildman–Crippen LogP) is 2.69. The molecule has 1 aromatic carbocycles. The first-order valence-corrected chi connectivity index (χ1v) is 7.63. The van der Waals surface area contributed by atoms with Gasteiger partial charge in [0.2, 0.25) is 0 Å². The van der Waals surface area contributed by atoms with Crippen molar-refractivity contribution in [2.24, 2.45) is 0 Å². The SMILES string of the molecule is CCC1CN(C(=O)Nc2ccc(OC)cc2)C(CC)CN1. The summed E-state index contributed by atoms with van der Waals surface area (Å²) in [6.07, 6.45) is 1.99. The molecular weight excluding hydrogens is 266 g/mol. The predicted molar refractivity (Wildman–Crippen MR) is 84.9 cm³/mol. The van der Waals surface area contributed by atoms with E-state index in [9.17, 15) is 4.79 Å². The van der Waals surface area contributed by atoms with Crippen LogP contribution in [0.15, 0.2) is 24.3 Å². The van der Waals surface area contributed by atoms with Crippen molar-refractivity contribution < 1.29 is 9.53 Å². The molecule has 0 bridgehead atoms. The summed E-state index contributed by atoms with van der Waals surface area (Å²) in [5.41, 5.74) is 0.794. The first kappa shape index (κ1) is 15.6. The second-order valence-corrected chi connectivity index (χ2v) is 5.39. The van der Waals surface area contributed by atoms with Crippen LogP contribution in [0.25, 0.3) is 0 Å². The average molecular weight is 291 g/mol. The monoisotopic (exact) mass is 291 g/mol. The number of benzene rings is 1. The molecule has 1 aliphatic rings. The van der Waals surface area contributed by atoms with E-state index in [1.807, 2.05) is 29.2 Å². The zero-order chi connectivity index (χ0) is 15.2. The van der Waals surface area contributed by atoms with Crippen molar-refractivity contribution in [2.45, 2.75) is 38.8 Å². The van der Waals surface area contributed by atoms with Crippen LogP contribution in [0.5, 0.6) is 5.75 Å². The molecule has 116 valence electrons. The molecule has 1 heterocycles. The van der Waals surface area contributed by atoms with E-state index in [2.05, 4.69) is 24.5 Å². The normalized spacial score (nSPS) is 22.0. The number of ether oxygens (including phenoxy) is 1. The van der Waals surface area contributed by atoms with Gasteiger partial charge in [-0.15, -0.1) is 0 Å². The molecule has 2 rings (SSSR count). The number of rotatable bonds is 4. The maximum atomic E-state index is 12.5. The summed E-state index contributed by atoms with van der Waals surface area (Å²) >= 11 is 0. The molecule has 5 heteroatoms. The Hall–Kier alpha value is -1.75. The third kappa shape index (κ3) is 3.88. The van der Waals surface area contributed by atoms with Gasteiger partial charge in [-0.25, -0.2) is 4.79 Å². The van der Waals surface area contributed by atoms with Gasteiger partial charge in [0.15, 0.2) is 0 Å². The van der Waals surface area contributed by atoms with Crippen LogP contribution in [-0.2, 0) is 0 Å². The highest BCUT2D eigenvalue weighted by Gasteiger charge is 2.29. The summed E-state index contributed by atoms with van der Waals surface area (Å²) < 4.78 is 5.12. The number of hydrogen-bond donors (Lipinski definition) is 2. The highest BCUT2D eigenvalue weighted by Crippen LogP contribution is 2.18. The third-order valence-corrected chi connectivity index (χ3v) is 4.07. The van der Waals surface area contributed by atoms with Crippen LogP contribution in [0, 0.1) is 0 Å². The van der Waals surface area contributed by atoms with Crippen LogP contribution in [0.3, 0.4) is 0 Å². The van der Waals surface area contributed by atoms with E-state index in [1.54, 1.807) is 7.11 Å². The highest BCUT2D eigenvalue weighted by molar-refractivity contribution is 5.89. The fraction of sp³-hybridized carbons (Fsp3) is 0.562. The van der Waals surface area contributed by atoms with Gasteiger partial charge >= 0.3 is 6.03 Å². The molecule has 1 saturated heterocycles. The Labute approximate surface area is 126 Å². The Morgan fingerprint density at radius 2 is 2.05 bits per heavy atom. The first-order valence-electron chi connectivity index (χ1n) is 7.63. The second kappa shape index (κ2) is 7.31. The molecule has 0 spiro atoms. The van der Waals surface area contributed by atoms with Crippen LogP contribution in [0.2, 0.25) is 0 Å². The van der Waals surface area contributed by atoms with Gasteiger partial charge in [-0.05, 0) is 37.1 Å². The van der Waals surface area contributed by atoms with Gasteiger partial charge in [0, 0.05) is 30.9 Å². The standard InChI is InChI=1S/C16H25N3O2/c1-4-12-11-19(14(5-2)10-17-12)16(20)18-13-6-8-15(21-3)9-7-13/h6-9,12,14,17H,4-5,10-11H2,1-3H3,(H,18,20). The Balaban J connectivity index is 2.02. The maximum absolute atomic E-state index is 12.5. The number of nitrogens with zero attached hydrogens (tertiary/aromatic N) is 1. The summed E-state index contributed by atoms with van der Waals surface area (Å²) in [7, 11) is 1.63. The molecule has 2 atom stereocenters. The zero-order valence-corrected chi connectivity index (χ0v) is 13.1. The number of carbonyl (C=O) groups is 1. The van der Waals surface area contributed by atoms with Crippen molar-refractivity contribution in [3.8, 4) is 5.75 Å². The van der Waals surface area contributed by atoms with Gasteiger partial charge in [0.1, 0.15) is 5.75 Å². The number of carbonyl (C=O) groups excluding carboxylic acids is 1. The Kier molecular flexibility index (Phi) is 5.44. The van der Waals surface area contributed by atoms with E-state index in [4.69, 9.17) is 4.74 Å². The van der Waals surface area contributed by atoms with Gasteiger partial charge in [-0.3, -0.25) is 0 Å². The largest absolute Gasteiger partial charge is 0.497 e. The van der Waals surface area contributed by atoms with Crippen molar-refractivity contribution in [1.29, 1.82) is 0 Å². The topological polar surface area (TPSA) is 53.6 Å². The smallest absolute Gasteiger partial charge is 0.322 e. The van der Waals surface area contributed by atoms with E-state index >= 15 is 0 Å². The lowest BCUT2D eigenvalue weighted by molar-refractivity contribution is 0.147. The number of anilines is 1. The molecule has 2 amide bonds. The zero-order valence-electron chi connectivity index (χ0n) is 13.1. The molecule has 1 aromatic rings. The molecule has 5 nitrogen and oxygen atoms in total. The van der Waals surface area contributed by atoms with E-state index in [-0.39, 0.29) is 12.1 Å². The number of hydrogen-bond acceptors (Lipinski definition) is 3. The number of methoxy groups -OCH3 is 1. The molecule has 0 aromatic heterocycles. The van der Waals surface area contributed by atoms with Crippen LogP contribution in [-0.4, -0.2) is 43.2 Å². The minimum atomic E-state index is -0.0213. The fourth-order valence-electron chi connectivity index (χ4n) is 2.62. The van der Waals surface area contributed by atoms with Crippen molar-refractivity contribution >= 4 is 11.7 Å². The van der Waals surface area contributed by atoms with Crippen molar-refractivity contribution in [1.82, 2.24) is 10.2 Å². The Morgan fingerprint density at radius 3 is 2.62 bits per heavy atom. The fourth-order valence-corrected chi connectivity index (χ4v) is 2.62. The Bertz CT molecular complexity index is 461. The lowest BCUT2D eigenvalue weighted by Gasteiger charge is -2.39. The van der Waals surface area contributed by atoms with E-state index in [0.29, 0.717) is 6.04 Å². The van der Waals surface area contributed by atoms with Crippen LogP contribution >= 0.6 is 0 Å². The third-order valence-electron chi connectivity index (χ3n) is 4.07. The number of urea groups is 1. The molecule has 0 saturated carbocycles. The molecular formula is C16H25N3O2. The van der Waals surface area contributed by atoms with Crippen molar-refractivity contribution in [3.05, 3.63) is 24.3 Å². The summed E-state index contributed by atoms with van der Waals surface area (Å²) in [6, 6.07) is 8.03. The summed E-state index contributed by atoms with van der Waals surface area (Å²) in [5.74, 6) is 0.785. The Morgan fingerprint density at radius 1 is 1.33 bits per heavy atom. The number of amides is 2. The average Bonchev–Trinajstić information content (AvgIpc) is 2.54. The van der Waals surface area contributed by atoms with E-state index in [0.717, 1.165) is 37.4 Å². The molecule has 21 heavy (non-hydrogen) atoms. The van der Waals surface area contributed by atoms with Crippen LogP contribution in [0.1, 0.15) is 26.7 Å². The summed E-state index contributed by atoms with van der Waals surface area (Å²) in [6.45, 7) is 5.89. The maximum Gasteiger partial charge on any atom is 0.322 e. The van der Waals surface area contributed by atoms with E-state index in [1.165, 1.54) is 0 Å². The molecule has 1 aliphatic heterocycles. The second-order valence-electron chi connectivity index (χ2n) is 5.39. The molecule has 0 radical (unpaired) electrons. The van der Waals surface area contributed by atoms with E-state index < -0.39 is 0 Å². The lowest BCUT2D eigenvalue weighted by Crippen LogP contribution is -2.58. The van der Waals surface area contributed by atoms with Gasteiger partial charge in [-0.1, -0.05) is 13.8 Å². The van der Waals surface area contributed by atoms with Gasteiger partial charge in [0.05, 0.1) is 7.11 Å². The number of piperazine rings is 1.